The zero-order valence-electron chi connectivity index (χ0n) is 15.2. The highest BCUT2D eigenvalue weighted by Gasteiger charge is 2.54. The second-order valence-corrected chi connectivity index (χ2v) is 8.47. The molecule has 1 saturated carbocycles. The fraction of sp³-hybridized carbons (Fsp3) is 0.500. The van der Waals surface area contributed by atoms with Gasteiger partial charge in [-0.05, 0) is 55.4 Å². The van der Waals surface area contributed by atoms with Gasteiger partial charge in [0.05, 0.1) is 12.7 Å². The molecule has 0 aromatic heterocycles. The summed E-state index contributed by atoms with van der Waals surface area (Å²) in [5.41, 5.74) is 1.33. The molecule has 1 aromatic carbocycles. The van der Waals surface area contributed by atoms with Gasteiger partial charge >= 0.3 is 0 Å². The van der Waals surface area contributed by atoms with Gasteiger partial charge in [0, 0.05) is 10.2 Å². The lowest BCUT2D eigenvalue weighted by atomic mass is 9.79. The molecular weight excluding hydrogens is 336 g/mol. The van der Waals surface area contributed by atoms with Crippen LogP contribution >= 0.6 is 23.5 Å². The first-order valence-corrected chi connectivity index (χ1v) is 10.7. The molecule has 0 amide bonds. The fourth-order valence-corrected chi connectivity index (χ4v) is 4.64. The Labute approximate surface area is 154 Å². The van der Waals surface area contributed by atoms with Gasteiger partial charge in [-0.15, -0.1) is 23.5 Å². The molecule has 0 bridgehead atoms. The van der Waals surface area contributed by atoms with E-state index in [1.807, 2.05) is 25.1 Å². The molecule has 0 saturated heterocycles. The number of hydrogen-bond acceptors (Lipinski definition) is 4. The predicted molar refractivity (Wildman–Crippen MR) is 108 cm³/mol. The summed E-state index contributed by atoms with van der Waals surface area (Å²) in [6.45, 7) is 8.17. The van der Waals surface area contributed by atoms with Crippen molar-refractivity contribution in [2.24, 2.45) is 11.8 Å². The van der Waals surface area contributed by atoms with E-state index in [4.69, 9.17) is 4.74 Å². The summed E-state index contributed by atoms with van der Waals surface area (Å²) in [6, 6.07) is 8.14. The third-order valence-electron chi connectivity index (χ3n) is 5.11. The van der Waals surface area contributed by atoms with Crippen molar-refractivity contribution in [2.45, 2.75) is 31.8 Å². The molecule has 2 rings (SSSR count). The normalized spacial score (nSPS) is 23.1. The lowest BCUT2D eigenvalue weighted by molar-refractivity contribution is 0.0262. The summed E-state index contributed by atoms with van der Waals surface area (Å²) >= 11 is 3.37. The van der Waals surface area contributed by atoms with E-state index < -0.39 is 5.60 Å². The summed E-state index contributed by atoms with van der Waals surface area (Å²) in [6.07, 6.45) is 7.14. The fourth-order valence-electron chi connectivity index (χ4n) is 3.36. The minimum atomic E-state index is -0.876. The largest absolute Gasteiger partial charge is 0.496 e. The third kappa shape index (κ3) is 3.87. The standard InChI is InChI=1S/C20H28O2S2/c1-13(2)14(3)20(21,12-19(23-5)24-6)17-11-16(17)15-9-7-8-10-18(15)22-4/h7-10,12,14,16-17,21H,1,11H2,2-6H3. The number of rotatable bonds is 8. The summed E-state index contributed by atoms with van der Waals surface area (Å²) in [7, 11) is 1.71. The van der Waals surface area contributed by atoms with E-state index in [1.54, 1.807) is 30.6 Å². The quantitative estimate of drug-likeness (QED) is 0.633. The SMILES string of the molecule is C=C(C)C(C)C(O)(C=C(SC)SC)C1CC1c1ccccc1OC. The zero-order valence-corrected chi connectivity index (χ0v) is 16.8. The number of hydrogen-bond donors (Lipinski definition) is 1. The van der Waals surface area contributed by atoms with Crippen molar-refractivity contribution in [3.05, 3.63) is 52.3 Å². The Balaban J connectivity index is 2.37. The highest BCUT2D eigenvalue weighted by molar-refractivity contribution is 8.21. The third-order valence-corrected chi connectivity index (χ3v) is 7.15. The van der Waals surface area contributed by atoms with Crippen molar-refractivity contribution in [1.29, 1.82) is 0 Å². The number of ether oxygens (including phenoxy) is 1. The van der Waals surface area contributed by atoms with Crippen molar-refractivity contribution >= 4 is 23.5 Å². The number of benzene rings is 1. The molecule has 1 aliphatic carbocycles. The molecule has 132 valence electrons. The summed E-state index contributed by atoms with van der Waals surface area (Å²) in [4.78, 5) is 0. The number of aliphatic hydroxyl groups is 1. The molecule has 4 atom stereocenters. The first-order chi connectivity index (χ1) is 11.4. The van der Waals surface area contributed by atoms with E-state index in [-0.39, 0.29) is 11.8 Å². The van der Waals surface area contributed by atoms with Crippen LogP contribution in [0.2, 0.25) is 0 Å². The van der Waals surface area contributed by atoms with Crippen LogP contribution in [0.25, 0.3) is 0 Å². The molecule has 24 heavy (non-hydrogen) atoms. The van der Waals surface area contributed by atoms with E-state index in [2.05, 4.69) is 38.2 Å². The number of para-hydroxylation sites is 1. The van der Waals surface area contributed by atoms with E-state index in [1.165, 1.54) is 5.56 Å². The number of methoxy groups -OCH3 is 1. The van der Waals surface area contributed by atoms with Crippen molar-refractivity contribution < 1.29 is 9.84 Å². The molecule has 1 aliphatic rings. The van der Waals surface area contributed by atoms with E-state index >= 15 is 0 Å². The van der Waals surface area contributed by atoms with Gasteiger partial charge < -0.3 is 9.84 Å². The molecule has 1 N–H and O–H groups in total. The average molecular weight is 365 g/mol. The van der Waals surface area contributed by atoms with E-state index in [0.29, 0.717) is 5.92 Å². The Hall–Kier alpha value is -0.840. The highest BCUT2D eigenvalue weighted by atomic mass is 32.2. The Morgan fingerprint density at radius 2 is 2.00 bits per heavy atom. The Morgan fingerprint density at radius 1 is 1.38 bits per heavy atom. The van der Waals surface area contributed by atoms with Crippen molar-refractivity contribution in [3.63, 3.8) is 0 Å². The Morgan fingerprint density at radius 3 is 2.54 bits per heavy atom. The Kier molecular flexibility index (Phi) is 6.52. The highest BCUT2D eigenvalue weighted by Crippen LogP contribution is 2.59. The molecule has 0 radical (unpaired) electrons. The maximum atomic E-state index is 11.6. The maximum absolute atomic E-state index is 11.6. The van der Waals surface area contributed by atoms with Gasteiger partial charge in [-0.3, -0.25) is 0 Å². The zero-order chi connectivity index (χ0) is 17.9. The number of thioether (sulfide) groups is 2. The van der Waals surface area contributed by atoms with Crippen LogP contribution < -0.4 is 4.74 Å². The second-order valence-electron chi connectivity index (χ2n) is 6.52. The van der Waals surface area contributed by atoms with Crippen molar-refractivity contribution in [2.75, 3.05) is 19.6 Å². The molecular formula is C20H28O2S2. The maximum Gasteiger partial charge on any atom is 0.122 e. The van der Waals surface area contributed by atoms with Gasteiger partial charge in [-0.2, -0.15) is 0 Å². The van der Waals surface area contributed by atoms with Crippen LogP contribution in [-0.2, 0) is 0 Å². The summed E-state index contributed by atoms with van der Waals surface area (Å²) in [5, 5.41) is 11.6. The topological polar surface area (TPSA) is 29.5 Å². The minimum absolute atomic E-state index is 0.0107. The van der Waals surface area contributed by atoms with E-state index in [9.17, 15) is 5.11 Å². The van der Waals surface area contributed by atoms with Gasteiger partial charge in [0.25, 0.3) is 0 Å². The Bertz CT molecular complexity index is 620. The van der Waals surface area contributed by atoms with Gasteiger partial charge in [-0.1, -0.05) is 37.3 Å². The van der Waals surface area contributed by atoms with Crippen LogP contribution in [0, 0.1) is 11.8 Å². The molecule has 1 aromatic rings. The van der Waals surface area contributed by atoms with Gasteiger partial charge in [0.15, 0.2) is 0 Å². The first-order valence-electron chi connectivity index (χ1n) is 8.20. The van der Waals surface area contributed by atoms with Crippen LogP contribution in [0.4, 0.5) is 0 Å². The molecule has 4 unspecified atom stereocenters. The first kappa shape index (κ1) is 19.5. The smallest absolute Gasteiger partial charge is 0.122 e. The van der Waals surface area contributed by atoms with Crippen LogP contribution in [0.5, 0.6) is 5.75 Å². The van der Waals surface area contributed by atoms with Gasteiger partial charge in [0.2, 0.25) is 0 Å². The van der Waals surface area contributed by atoms with Crippen LogP contribution in [0.3, 0.4) is 0 Å². The predicted octanol–water partition coefficient (Wildman–Crippen LogP) is 5.31. The molecule has 2 nitrogen and oxygen atoms in total. The minimum Gasteiger partial charge on any atom is -0.496 e. The monoisotopic (exact) mass is 364 g/mol. The second kappa shape index (κ2) is 8.03. The van der Waals surface area contributed by atoms with Crippen molar-refractivity contribution in [3.8, 4) is 5.75 Å². The molecule has 0 spiro atoms. The average Bonchev–Trinajstić information content (AvgIpc) is 3.39. The van der Waals surface area contributed by atoms with Gasteiger partial charge in [0.1, 0.15) is 5.75 Å². The summed E-state index contributed by atoms with van der Waals surface area (Å²) < 4.78 is 6.67. The van der Waals surface area contributed by atoms with Crippen LogP contribution in [0.15, 0.2) is 46.7 Å². The molecule has 1 fully saturated rings. The summed E-state index contributed by atoms with van der Waals surface area (Å²) in [5.74, 6) is 1.44. The molecule has 0 heterocycles. The molecule has 4 heteroatoms. The van der Waals surface area contributed by atoms with E-state index in [0.717, 1.165) is 22.0 Å². The van der Waals surface area contributed by atoms with Crippen molar-refractivity contribution in [1.82, 2.24) is 0 Å². The lowest BCUT2D eigenvalue weighted by Gasteiger charge is -2.33. The molecule has 0 aliphatic heterocycles. The van der Waals surface area contributed by atoms with Crippen LogP contribution in [0.1, 0.15) is 31.7 Å². The van der Waals surface area contributed by atoms with Crippen LogP contribution in [-0.4, -0.2) is 30.3 Å². The lowest BCUT2D eigenvalue weighted by Crippen LogP contribution is -2.38. The van der Waals surface area contributed by atoms with Gasteiger partial charge in [-0.25, -0.2) is 0 Å².